The molecule has 1 aliphatic heterocycles. The maximum Gasteiger partial charge on any atom is 0.161 e. The van der Waals surface area contributed by atoms with Gasteiger partial charge >= 0.3 is 0 Å². The van der Waals surface area contributed by atoms with Crippen molar-refractivity contribution in [1.29, 1.82) is 0 Å². The van der Waals surface area contributed by atoms with Crippen LogP contribution >= 0.6 is 11.6 Å². The molecule has 156 valence electrons. The first-order chi connectivity index (χ1) is 14.1. The van der Waals surface area contributed by atoms with Crippen molar-refractivity contribution in [3.8, 4) is 11.5 Å². The zero-order valence-electron chi connectivity index (χ0n) is 17.3. The van der Waals surface area contributed by atoms with Gasteiger partial charge in [-0.05, 0) is 37.1 Å². The molecule has 0 spiro atoms. The lowest BCUT2D eigenvalue weighted by atomic mass is 9.66. The van der Waals surface area contributed by atoms with Crippen molar-refractivity contribution in [1.82, 2.24) is 0 Å². The van der Waals surface area contributed by atoms with E-state index in [-0.39, 0.29) is 12.0 Å². The Hall–Kier alpha value is -1.75. The number of hydrogen-bond acceptors (Lipinski definition) is 3. The average molecular weight is 417 g/mol. The van der Waals surface area contributed by atoms with Crippen LogP contribution in [0.15, 0.2) is 42.5 Å². The van der Waals surface area contributed by atoms with Gasteiger partial charge in [0.1, 0.15) is 12.6 Å². The number of hydrogen-bond donors (Lipinski definition) is 2. The molecule has 2 N–H and O–H groups in total. The fourth-order valence-electron chi connectivity index (χ4n) is 5.45. The molecule has 2 aliphatic rings. The number of likely N-dealkylation sites (tertiary alicyclic amines) is 1. The minimum absolute atomic E-state index is 0.199. The van der Waals surface area contributed by atoms with Crippen molar-refractivity contribution < 1.29 is 19.5 Å². The Morgan fingerprint density at radius 2 is 1.86 bits per heavy atom. The van der Waals surface area contributed by atoms with Gasteiger partial charge in [0.25, 0.3) is 0 Å². The average Bonchev–Trinajstić information content (AvgIpc) is 2.74. The summed E-state index contributed by atoms with van der Waals surface area (Å²) in [5, 5.41) is 12.3. The maximum atomic E-state index is 11.5. The summed E-state index contributed by atoms with van der Waals surface area (Å²) in [7, 11) is 3.33. The topological polar surface area (TPSA) is 43.1 Å². The van der Waals surface area contributed by atoms with E-state index in [0.717, 1.165) is 60.9 Å². The highest BCUT2D eigenvalue weighted by atomic mass is 35.5. The first kappa shape index (κ1) is 20.5. The minimum Gasteiger partial charge on any atom is -0.493 e. The highest BCUT2D eigenvalue weighted by molar-refractivity contribution is 6.31. The van der Waals surface area contributed by atoms with Crippen LogP contribution in [0.4, 0.5) is 0 Å². The Labute approximate surface area is 178 Å². The van der Waals surface area contributed by atoms with E-state index in [1.807, 2.05) is 24.3 Å². The largest absolute Gasteiger partial charge is 0.493 e. The molecule has 4 rings (SSSR count). The highest BCUT2D eigenvalue weighted by Gasteiger charge is 2.51. The first-order valence-electron chi connectivity index (χ1n) is 10.6. The predicted octanol–water partition coefficient (Wildman–Crippen LogP) is 3.81. The number of rotatable bonds is 5. The van der Waals surface area contributed by atoms with Crippen LogP contribution in [0.2, 0.25) is 5.02 Å². The molecule has 5 heteroatoms. The van der Waals surface area contributed by atoms with Crippen molar-refractivity contribution in [2.75, 3.05) is 20.8 Å². The fourth-order valence-corrected chi connectivity index (χ4v) is 5.66. The van der Waals surface area contributed by atoms with Gasteiger partial charge in [-0.3, -0.25) is 0 Å². The van der Waals surface area contributed by atoms with Gasteiger partial charge in [-0.25, -0.2) is 0 Å². The summed E-state index contributed by atoms with van der Waals surface area (Å²) in [6, 6.07) is 14.5. The fraction of sp³-hybridized carbons (Fsp3) is 0.500. The van der Waals surface area contributed by atoms with Gasteiger partial charge in [0.2, 0.25) is 0 Å². The second kappa shape index (κ2) is 8.55. The molecule has 29 heavy (non-hydrogen) atoms. The van der Waals surface area contributed by atoms with Gasteiger partial charge in [0.05, 0.1) is 26.4 Å². The van der Waals surface area contributed by atoms with E-state index < -0.39 is 5.60 Å². The van der Waals surface area contributed by atoms with Crippen LogP contribution in [0.1, 0.15) is 49.3 Å². The third kappa shape index (κ3) is 3.98. The molecule has 2 aromatic rings. The number of methoxy groups -OCH3 is 2. The second-order valence-corrected chi connectivity index (χ2v) is 8.88. The molecule has 0 bridgehead atoms. The molecule has 4 nitrogen and oxygen atoms in total. The molecule has 1 heterocycles. The van der Waals surface area contributed by atoms with E-state index in [1.54, 1.807) is 14.2 Å². The zero-order valence-corrected chi connectivity index (χ0v) is 18.0. The molecule has 0 amide bonds. The van der Waals surface area contributed by atoms with Crippen LogP contribution in [0.25, 0.3) is 0 Å². The summed E-state index contributed by atoms with van der Waals surface area (Å²) in [5.74, 6) is 1.71. The van der Waals surface area contributed by atoms with E-state index in [4.69, 9.17) is 21.1 Å². The second-order valence-electron chi connectivity index (χ2n) is 8.47. The lowest BCUT2D eigenvalue weighted by Crippen LogP contribution is -3.13. The standard InChI is InChI=1S/C24H30ClNO3/c1-28-21-11-10-17(15-22(21)29-2)23-19-8-5-6-12-24(19,27)13-14-26(23)16-18-7-3-4-9-20(18)25/h3-4,7,9-11,15,19,23,27H,5-6,8,12-14,16H2,1-2H3/p+1/t19-,23+,24-/m0/s1. The summed E-state index contributed by atoms with van der Waals surface area (Å²) in [5.41, 5.74) is 1.80. The normalized spacial score (nSPS) is 29.2. The minimum atomic E-state index is -0.569. The highest BCUT2D eigenvalue weighted by Crippen LogP contribution is 2.45. The maximum absolute atomic E-state index is 11.5. The molecule has 0 aromatic heterocycles. The molecule has 1 saturated carbocycles. The Bertz CT molecular complexity index is 858. The third-order valence-electron chi connectivity index (χ3n) is 6.93. The third-order valence-corrected chi connectivity index (χ3v) is 7.30. The molecule has 1 saturated heterocycles. The van der Waals surface area contributed by atoms with Gasteiger partial charge < -0.3 is 19.5 Å². The molecule has 1 unspecified atom stereocenters. The van der Waals surface area contributed by atoms with Crippen LogP contribution in [0, 0.1) is 5.92 Å². The number of quaternary nitrogens is 1. The number of ether oxygens (including phenoxy) is 2. The van der Waals surface area contributed by atoms with Crippen LogP contribution < -0.4 is 14.4 Å². The van der Waals surface area contributed by atoms with Crippen LogP contribution in [-0.4, -0.2) is 31.5 Å². The number of halogens is 1. The number of nitrogens with one attached hydrogen (secondary N) is 1. The van der Waals surface area contributed by atoms with E-state index in [1.165, 1.54) is 16.9 Å². The van der Waals surface area contributed by atoms with Crippen LogP contribution in [0.5, 0.6) is 11.5 Å². The molecule has 4 atom stereocenters. The number of fused-ring (bicyclic) bond motifs is 1. The molecule has 2 fully saturated rings. The lowest BCUT2D eigenvalue weighted by Gasteiger charge is -2.50. The van der Waals surface area contributed by atoms with Crippen molar-refractivity contribution in [2.24, 2.45) is 5.92 Å². The molecule has 2 aromatic carbocycles. The number of benzene rings is 2. The summed E-state index contributed by atoms with van der Waals surface area (Å²) in [4.78, 5) is 1.46. The van der Waals surface area contributed by atoms with Gasteiger partial charge in [-0.15, -0.1) is 0 Å². The van der Waals surface area contributed by atoms with Gasteiger partial charge in [0, 0.05) is 28.5 Å². The number of aliphatic hydroxyl groups is 1. The molecular formula is C24H31ClNO3+. The van der Waals surface area contributed by atoms with Gasteiger partial charge in [-0.2, -0.15) is 0 Å². The summed E-state index contributed by atoms with van der Waals surface area (Å²) >= 11 is 6.49. The number of piperidine rings is 1. The summed E-state index contributed by atoms with van der Waals surface area (Å²) in [6.07, 6.45) is 5.10. The van der Waals surface area contributed by atoms with Gasteiger partial charge in [-0.1, -0.05) is 42.6 Å². The van der Waals surface area contributed by atoms with Crippen molar-refractivity contribution in [3.05, 3.63) is 58.6 Å². The Morgan fingerprint density at radius 3 is 2.62 bits per heavy atom. The summed E-state index contributed by atoms with van der Waals surface area (Å²) in [6.45, 7) is 1.78. The van der Waals surface area contributed by atoms with Crippen LogP contribution in [-0.2, 0) is 6.54 Å². The van der Waals surface area contributed by atoms with E-state index in [9.17, 15) is 5.11 Å². The Balaban J connectivity index is 1.73. The van der Waals surface area contributed by atoms with E-state index >= 15 is 0 Å². The molecule has 0 radical (unpaired) electrons. The Morgan fingerprint density at radius 1 is 1.07 bits per heavy atom. The molecule has 1 aliphatic carbocycles. The summed E-state index contributed by atoms with van der Waals surface area (Å²) < 4.78 is 11.0. The monoisotopic (exact) mass is 416 g/mol. The quantitative estimate of drug-likeness (QED) is 0.778. The molecular weight excluding hydrogens is 386 g/mol. The van der Waals surface area contributed by atoms with E-state index in [0.29, 0.717) is 0 Å². The predicted molar refractivity (Wildman–Crippen MR) is 115 cm³/mol. The van der Waals surface area contributed by atoms with Crippen molar-refractivity contribution >= 4 is 11.6 Å². The smallest absolute Gasteiger partial charge is 0.161 e. The van der Waals surface area contributed by atoms with Crippen molar-refractivity contribution in [2.45, 2.75) is 50.3 Å². The van der Waals surface area contributed by atoms with E-state index in [2.05, 4.69) is 18.2 Å². The SMILES string of the molecule is COc1ccc([C@@H]2[C@@H]3CCCC[C@]3(O)CC[NH+]2Cc2ccccc2Cl)cc1OC. The Kier molecular flexibility index (Phi) is 6.05. The first-order valence-corrected chi connectivity index (χ1v) is 11.0. The lowest BCUT2D eigenvalue weighted by molar-refractivity contribution is -0.958. The van der Waals surface area contributed by atoms with Gasteiger partial charge in [0.15, 0.2) is 11.5 Å². The van der Waals surface area contributed by atoms with Crippen molar-refractivity contribution in [3.63, 3.8) is 0 Å². The zero-order chi connectivity index (χ0) is 20.4. The van der Waals surface area contributed by atoms with Crippen LogP contribution in [0.3, 0.4) is 0 Å².